The highest BCUT2D eigenvalue weighted by molar-refractivity contribution is 6.22. The summed E-state index contributed by atoms with van der Waals surface area (Å²) in [6.07, 6.45) is 2.42. The van der Waals surface area contributed by atoms with Crippen molar-refractivity contribution in [2.45, 2.75) is 51.4 Å². The SMILES string of the molecule is CC1(C)CCC(C)(C)c2c(-n3c4ccccc4c4ccc5c6ccccc6[nH]c5c43)cccc21. The lowest BCUT2D eigenvalue weighted by atomic mass is 9.62. The van der Waals surface area contributed by atoms with Gasteiger partial charge in [0, 0.05) is 27.1 Å². The van der Waals surface area contributed by atoms with E-state index in [-0.39, 0.29) is 10.8 Å². The minimum Gasteiger partial charge on any atom is -0.353 e. The van der Waals surface area contributed by atoms with E-state index in [0.717, 1.165) is 0 Å². The molecule has 0 bridgehead atoms. The van der Waals surface area contributed by atoms with Crippen molar-refractivity contribution < 1.29 is 0 Å². The zero-order valence-electron chi connectivity index (χ0n) is 20.4. The lowest BCUT2D eigenvalue weighted by Gasteiger charge is -2.43. The van der Waals surface area contributed by atoms with Crippen molar-refractivity contribution in [3.8, 4) is 5.69 Å². The molecule has 0 unspecified atom stereocenters. The number of H-pyrrole nitrogens is 1. The molecular weight excluding hydrogens is 412 g/mol. The number of benzene rings is 4. The smallest absolute Gasteiger partial charge is 0.0783 e. The highest BCUT2D eigenvalue weighted by atomic mass is 15.0. The quantitative estimate of drug-likeness (QED) is 0.263. The van der Waals surface area contributed by atoms with Crippen LogP contribution >= 0.6 is 0 Å². The van der Waals surface area contributed by atoms with Crippen molar-refractivity contribution in [1.29, 1.82) is 0 Å². The fourth-order valence-corrected chi connectivity index (χ4v) is 6.51. The van der Waals surface area contributed by atoms with Crippen LogP contribution in [0, 0.1) is 0 Å². The van der Waals surface area contributed by atoms with Gasteiger partial charge in [-0.15, -0.1) is 0 Å². The molecule has 0 radical (unpaired) electrons. The Morgan fingerprint density at radius 1 is 0.647 bits per heavy atom. The van der Waals surface area contributed by atoms with Crippen LogP contribution < -0.4 is 0 Å². The van der Waals surface area contributed by atoms with Gasteiger partial charge in [0.25, 0.3) is 0 Å². The minimum absolute atomic E-state index is 0.119. The van der Waals surface area contributed by atoms with E-state index in [9.17, 15) is 0 Å². The Balaban J connectivity index is 1.72. The zero-order chi connectivity index (χ0) is 23.2. The topological polar surface area (TPSA) is 20.7 Å². The van der Waals surface area contributed by atoms with Gasteiger partial charge in [-0.25, -0.2) is 0 Å². The number of nitrogens with one attached hydrogen (secondary N) is 1. The first kappa shape index (κ1) is 19.9. The van der Waals surface area contributed by atoms with Crippen LogP contribution in [0.3, 0.4) is 0 Å². The molecule has 2 aromatic heterocycles. The van der Waals surface area contributed by atoms with E-state index in [2.05, 4.69) is 116 Å². The Morgan fingerprint density at radius 2 is 1.35 bits per heavy atom. The molecule has 1 aliphatic rings. The van der Waals surface area contributed by atoms with Gasteiger partial charge >= 0.3 is 0 Å². The fourth-order valence-electron chi connectivity index (χ4n) is 6.51. The van der Waals surface area contributed by atoms with Crippen molar-refractivity contribution >= 4 is 43.6 Å². The predicted molar refractivity (Wildman–Crippen MR) is 145 cm³/mol. The van der Waals surface area contributed by atoms with Gasteiger partial charge in [-0.05, 0) is 53.0 Å². The molecular formula is C32H30N2. The number of rotatable bonds is 1. The van der Waals surface area contributed by atoms with Crippen LogP contribution in [0.5, 0.6) is 0 Å². The minimum atomic E-state index is 0.119. The van der Waals surface area contributed by atoms with E-state index in [1.54, 1.807) is 0 Å². The number of fused-ring (bicyclic) bond motifs is 8. The third kappa shape index (κ3) is 2.51. The first-order valence-corrected chi connectivity index (χ1v) is 12.4. The number of para-hydroxylation sites is 2. The number of hydrogen-bond acceptors (Lipinski definition) is 0. The molecule has 1 aliphatic carbocycles. The standard InChI is InChI=1S/C32H30N2/c1-31(2)18-19-32(3,4)28-24(31)12-9-15-27(28)34-26-14-8-6-11-21(26)23-17-16-22-20-10-5-7-13-25(20)33-29(22)30(23)34/h5-17,33H,18-19H2,1-4H3. The van der Waals surface area contributed by atoms with E-state index < -0.39 is 0 Å². The van der Waals surface area contributed by atoms with Crippen molar-refractivity contribution in [2.24, 2.45) is 0 Å². The number of hydrogen-bond donors (Lipinski definition) is 1. The van der Waals surface area contributed by atoms with Gasteiger partial charge in [0.2, 0.25) is 0 Å². The van der Waals surface area contributed by atoms with Crippen LogP contribution in [0.2, 0.25) is 0 Å². The van der Waals surface area contributed by atoms with E-state index in [4.69, 9.17) is 0 Å². The third-order valence-electron chi connectivity index (χ3n) is 8.38. The second kappa shape index (κ2) is 6.54. The summed E-state index contributed by atoms with van der Waals surface area (Å²) in [6, 6.07) is 29.1. The maximum Gasteiger partial charge on any atom is 0.0783 e. The van der Waals surface area contributed by atoms with Gasteiger partial charge in [-0.1, -0.05) is 88.4 Å². The highest BCUT2D eigenvalue weighted by Crippen LogP contribution is 2.49. The molecule has 2 heterocycles. The van der Waals surface area contributed by atoms with Gasteiger partial charge in [0.15, 0.2) is 0 Å². The summed E-state index contributed by atoms with van der Waals surface area (Å²) in [4.78, 5) is 3.79. The summed E-state index contributed by atoms with van der Waals surface area (Å²) in [7, 11) is 0. The van der Waals surface area contributed by atoms with E-state index in [1.807, 2.05) is 0 Å². The largest absolute Gasteiger partial charge is 0.353 e. The van der Waals surface area contributed by atoms with Crippen molar-refractivity contribution in [3.63, 3.8) is 0 Å². The monoisotopic (exact) mass is 442 g/mol. The van der Waals surface area contributed by atoms with Gasteiger partial charge in [0.1, 0.15) is 0 Å². The zero-order valence-corrected chi connectivity index (χ0v) is 20.4. The molecule has 4 aromatic carbocycles. The number of nitrogens with zero attached hydrogens (tertiary/aromatic N) is 1. The van der Waals surface area contributed by atoms with Gasteiger partial charge in [-0.2, -0.15) is 0 Å². The van der Waals surface area contributed by atoms with Crippen LogP contribution in [0.4, 0.5) is 0 Å². The lowest BCUT2D eigenvalue weighted by molar-refractivity contribution is 0.331. The average Bonchev–Trinajstić information content (AvgIpc) is 3.38. The summed E-state index contributed by atoms with van der Waals surface area (Å²) in [5, 5.41) is 5.19. The van der Waals surface area contributed by atoms with Crippen molar-refractivity contribution in [1.82, 2.24) is 9.55 Å². The maximum absolute atomic E-state index is 3.79. The Morgan fingerprint density at radius 3 is 2.21 bits per heavy atom. The molecule has 1 N–H and O–H groups in total. The summed E-state index contributed by atoms with van der Waals surface area (Å²) >= 11 is 0. The Kier molecular flexibility index (Phi) is 3.83. The molecule has 0 amide bonds. The fraction of sp³-hybridized carbons (Fsp3) is 0.250. The van der Waals surface area contributed by atoms with Gasteiger partial charge < -0.3 is 9.55 Å². The second-order valence-electron chi connectivity index (χ2n) is 11.4. The van der Waals surface area contributed by atoms with E-state index >= 15 is 0 Å². The van der Waals surface area contributed by atoms with E-state index in [0.29, 0.717) is 0 Å². The first-order chi connectivity index (χ1) is 16.4. The third-order valence-corrected chi connectivity index (χ3v) is 8.38. The van der Waals surface area contributed by atoms with Crippen molar-refractivity contribution in [2.75, 3.05) is 0 Å². The molecule has 0 atom stereocenters. The van der Waals surface area contributed by atoms with Crippen LogP contribution in [-0.4, -0.2) is 9.55 Å². The van der Waals surface area contributed by atoms with Crippen LogP contribution in [0.15, 0.2) is 78.9 Å². The molecule has 0 fully saturated rings. The molecule has 0 aliphatic heterocycles. The summed E-state index contributed by atoms with van der Waals surface area (Å²) in [5.41, 5.74) is 9.59. The van der Waals surface area contributed by atoms with E-state index in [1.165, 1.54) is 73.3 Å². The molecule has 0 saturated carbocycles. The molecule has 34 heavy (non-hydrogen) atoms. The molecule has 6 aromatic rings. The normalized spacial score (nSPS) is 17.1. The van der Waals surface area contributed by atoms with Crippen molar-refractivity contribution in [3.05, 3.63) is 90.0 Å². The Bertz CT molecular complexity index is 1760. The summed E-state index contributed by atoms with van der Waals surface area (Å²) < 4.78 is 2.55. The summed E-state index contributed by atoms with van der Waals surface area (Å²) in [6.45, 7) is 9.67. The molecule has 0 saturated heterocycles. The Hall–Kier alpha value is -3.52. The molecule has 168 valence electrons. The molecule has 2 nitrogen and oxygen atoms in total. The molecule has 7 rings (SSSR count). The highest BCUT2D eigenvalue weighted by Gasteiger charge is 2.39. The average molecular weight is 443 g/mol. The van der Waals surface area contributed by atoms with Crippen LogP contribution in [-0.2, 0) is 10.8 Å². The second-order valence-corrected chi connectivity index (χ2v) is 11.4. The number of aromatic nitrogens is 2. The number of aromatic amines is 1. The first-order valence-electron chi connectivity index (χ1n) is 12.4. The van der Waals surface area contributed by atoms with Crippen LogP contribution in [0.1, 0.15) is 51.7 Å². The maximum atomic E-state index is 3.79. The predicted octanol–water partition coefficient (Wildman–Crippen LogP) is 8.77. The molecule has 0 spiro atoms. The summed E-state index contributed by atoms with van der Waals surface area (Å²) in [5.74, 6) is 0. The van der Waals surface area contributed by atoms with Gasteiger partial charge in [0.05, 0.1) is 22.2 Å². The Labute approximate surface area is 200 Å². The lowest BCUT2D eigenvalue weighted by Crippen LogP contribution is -2.35. The molecule has 2 heteroatoms. The van der Waals surface area contributed by atoms with Crippen LogP contribution in [0.25, 0.3) is 49.3 Å². The van der Waals surface area contributed by atoms with Gasteiger partial charge in [-0.3, -0.25) is 0 Å².